The molecule has 4 aromatic rings. The number of nitrogens with one attached hydrogen (secondary N) is 2. The summed E-state index contributed by atoms with van der Waals surface area (Å²) in [5.41, 5.74) is 3.71. The molecule has 3 aromatic heterocycles. The van der Waals surface area contributed by atoms with Gasteiger partial charge in [-0.2, -0.15) is 9.78 Å². The van der Waals surface area contributed by atoms with Crippen molar-refractivity contribution in [3.63, 3.8) is 0 Å². The second-order valence-corrected chi connectivity index (χ2v) is 8.00. The number of aryl methyl sites for hydroxylation is 1. The molecule has 10 nitrogen and oxygen atoms in total. The lowest BCUT2D eigenvalue weighted by molar-refractivity contribution is -0.113. The van der Waals surface area contributed by atoms with E-state index >= 15 is 0 Å². The number of nitrogens with zero attached hydrogens (tertiary/aromatic N) is 5. The Hall–Kier alpha value is -3.60. The number of carbonyl (C=O) groups is 1. The molecule has 0 fully saturated rings. The maximum absolute atomic E-state index is 12.6. The zero-order valence-corrected chi connectivity index (χ0v) is 17.9. The van der Waals surface area contributed by atoms with Crippen molar-refractivity contribution in [3.8, 4) is 17.3 Å². The first kappa shape index (κ1) is 19.4. The van der Waals surface area contributed by atoms with Gasteiger partial charge >= 0.3 is 0 Å². The first-order valence-electron chi connectivity index (χ1n) is 9.48. The molecule has 11 heteroatoms. The molecule has 1 amide bonds. The van der Waals surface area contributed by atoms with Crippen LogP contribution in [0.5, 0.6) is 11.5 Å². The van der Waals surface area contributed by atoms with Crippen molar-refractivity contribution in [2.75, 3.05) is 25.3 Å². The molecule has 31 heavy (non-hydrogen) atoms. The average Bonchev–Trinajstić information content (AvgIpc) is 3.34. The number of H-pyrrole nitrogens is 1. The second kappa shape index (κ2) is 7.58. The first-order valence-corrected chi connectivity index (χ1v) is 10.5. The van der Waals surface area contributed by atoms with Crippen molar-refractivity contribution in [3.05, 3.63) is 47.7 Å². The maximum atomic E-state index is 12.6. The summed E-state index contributed by atoms with van der Waals surface area (Å²) in [6.45, 7) is 1.92. The van der Waals surface area contributed by atoms with Crippen molar-refractivity contribution in [1.82, 2.24) is 29.7 Å². The van der Waals surface area contributed by atoms with E-state index in [1.807, 2.05) is 25.1 Å². The number of imidazole rings is 1. The smallest absolute Gasteiger partial charge is 0.235 e. The van der Waals surface area contributed by atoms with Gasteiger partial charge in [0.2, 0.25) is 5.91 Å². The SMILES string of the molecule is COc1ccc(OC)c([C@@H]2SCC(=O)Nc3c2c(C)nn3-c2ncnc3nc[nH]c23)c1. The lowest BCUT2D eigenvalue weighted by atomic mass is 10.0. The van der Waals surface area contributed by atoms with Gasteiger partial charge in [0.05, 0.1) is 37.2 Å². The van der Waals surface area contributed by atoms with Crippen LogP contribution in [-0.2, 0) is 4.79 Å². The van der Waals surface area contributed by atoms with E-state index < -0.39 is 0 Å². The van der Waals surface area contributed by atoms with E-state index in [4.69, 9.17) is 14.6 Å². The average molecular weight is 437 g/mol. The number of thioether (sulfide) groups is 1. The van der Waals surface area contributed by atoms with Gasteiger partial charge in [0.1, 0.15) is 29.2 Å². The normalized spacial score (nSPS) is 16.0. The summed E-state index contributed by atoms with van der Waals surface area (Å²) in [5.74, 6) is 2.66. The van der Waals surface area contributed by atoms with Crippen molar-refractivity contribution in [2.45, 2.75) is 12.2 Å². The molecular formula is C20H19N7O3S. The number of benzene rings is 1. The third-order valence-electron chi connectivity index (χ3n) is 5.13. The van der Waals surface area contributed by atoms with E-state index in [-0.39, 0.29) is 16.9 Å². The lowest BCUT2D eigenvalue weighted by Gasteiger charge is -2.19. The van der Waals surface area contributed by atoms with Gasteiger partial charge in [-0.05, 0) is 25.1 Å². The van der Waals surface area contributed by atoms with E-state index in [1.165, 1.54) is 18.1 Å². The molecule has 0 spiro atoms. The third kappa shape index (κ3) is 3.17. The van der Waals surface area contributed by atoms with Crippen molar-refractivity contribution in [2.24, 2.45) is 0 Å². The molecular weight excluding hydrogens is 418 g/mol. The fourth-order valence-corrected chi connectivity index (χ4v) is 4.94. The number of anilines is 1. The molecule has 0 saturated heterocycles. The van der Waals surface area contributed by atoms with E-state index in [0.29, 0.717) is 34.3 Å². The number of ether oxygens (including phenoxy) is 2. The summed E-state index contributed by atoms with van der Waals surface area (Å²) >= 11 is 1.51. The number of aromatic nitrogens is 6. The molecule has 0 bridgehead atoms. The van der Waals surface area contributed by atoms with Crippen LogP contribution in [0.4, 0.5) is 5.82 Å². The number of carbonyl (C=O) groups excluding carboxylic acids is 1. The highest BCUT2D eigenvalue weighted by molar-refractivity contribution is 8.00. The minimum atomic E-state index is -0.202. The summed E-state index contributed by atoms with van der Waals surface area (Å²) in [4.78, 5) is 28.4. The Kier molecular flexibility index (Phi) is 4.74. The first-order chi connectivity index (χ1) is 15.1. The monoisotopic (exact) mass is 437 g/mol. The number of aromatic amines is 1. The predicted octanol–water partition coefficient (Wildman–Crippen LogP) is 2.64. The van der Waals surface area contributed by atoms with Gasteiger partial charge < -0.3 is 19.8 Å². The van der Waals surface area contributed by atoms with Crippen LogP contribution in [0.25, 0.3) is 17.0 Å². The largest absolute Gasteiger partial charge is 0.497 e. The van der Waals surface area contributed by atoms with Crippen LogP contribution >= 0.6 is 11.8 Å². The number of fused-ring (bicyclic) bond motifs is 2. The molecule has 5 rings (SSSR count). The summed E-state index contributed by atoms with van der Waals surface area (Å²) in [5, 5.41) is 7.53. The highest BCUT2D eigenvalue weighted by Gasteiger charge is 2.33. The van der Waals surface area contributed by atoms with Crippen LogP contribution < -0.4 is 14.8 Å². The van der Waals surface area contributed by atoms with Gasteiger partial charge in [0.15, 0.2) is 11.5 Å². The predicted molar refractivity (Wildman–Crippen MR) is 116 cm³/mol. The van der Waals surface area contributed by atoms with E-state index in [2.05, 4.69) is 25.3 Å². The van der Waals surface area contributed by atoms with E-state index in [0.717, 1.165) is 16.8 Å². The lowest BCUT2D eigenvalue weighted by Crippen LogP contribution is -2.16. The van der Waals surface area contributed by atoms with Crippen molar-refractivity contribution in [1.29, 1.82) is 0 Å². The summed E-state index contributed by atoms with van der Waals surface area (Å²) in [6.07, 6.45) is 2.98. The van der Waals surface area contributed by atoms with Crippen LogP contribution in [0.2, 0.25) is 0 Å². The number of methoxy groups -OCH3 is 2. The molecule has 158 valence electrons. The van der Waals surface area contributed by atoms with Crippen LogP contribution in [0, 0.1) is 6.92 Å². The Morgan fingerprint density at radius 2 is 2.06 bits per heavy atom. The Labute approximate surface area is 181 Å². The zero-order chi connectivity index (χ0) is 21.5. The van der Waals surface area contributed by atoms with Crippen LogP contribution in [-0.4, -0.2) is 55.6 Å². The van der Waals surface area contributed by atoms with E-state index in [9.17, 15) is 4.79 Å². The second-order valence-electron chi connectivity index (χ2n) is 6.91. The molecule has 4 heterocycles. The number of rotatable bonds is 4. The summed E-state index contributed by atoms with van der Waals surface area (Å²) in [7, 11) is 3.25. The Balaban J connectivity index is 1.74. The molecule has 0 unspecified atom stereocenters. The molecule has 0 aliphatic carbocycles. The van der Waals surface area contributed by atoms with Crippen molar-refractivity contribution >= 4 is 34.7 Å². The molecule has 0 saturated carbocycles. The highest BCUT2D eigenvalue weighted by atomic mass is 32.2. The fourth-order valence-electron chi connectivity index (χ4n) is 3.74. The Bertz CT molecular complexity index is 1300. The molecule has 1 atom stereocenters. The summed E-state index contributed by atoms with van der Waals surface area (Å²) in [6, 6.07) is 5.65. The quantitative estimate of drug-likeness (QED) is 0.500. The number of amides is 1. The molecule has 1 aliphatic rings. The fraction of sp³-hybridized carbons (Fsp3) is 0.250. The van der Waals surface area contributed by atoms with Crippen LogP contribution in [0.15, 0.2) is 30.9 Å². The molecule has 1 aromatic carbocycles. The van der Waals surface area contributed by atoms with Gasteiger partial charge in [-0.3, -0.25) is 4.79 Å². The Morgan fingerprint density at radius 3 is 2.87 bits per heavy atom. The Morgan fingerprint density at radius 1 is 1.19 bits per heavy atom. The molecule has 2 N–H and O–H groups in total. The minimum absolute atomic E-state index is 0.119. The van der Waals surface area contributed by atoms with Gasteiger partial charge in [-0.25, -0.2) is 15.0 Å². The maximum Gasteiger partial charge on any atom is 0.235 e. The van der Waals surface area contributed by atoms with Gasteiger partial charge in [-0.1, -0.05) is 0 Å². The number of hydrogen-bond donors (Lipinski definition) is 2. The topological polar surface area (TPSA) is 120 Å². The zero-order valence-electron chi connectivity index (χ0n) is 17.0. The van der Waals surface area contributed by atoms with Crippen molar-refractivity contribution < 1.29 is 14.3 Å². The number of hydrogen-bond acceptors (Lipinski definition) is 8. The molecule has 1 aliphatic heterocycles. The third-order valence-corrected chi connectivity index (χ3v) is 6.38. The van der Waals surface area contributed by atoms with Gasteiger partial charge in [-0.15, -0.1) is 11.8 Å². The van der Waals surface area contributed by atoms with Gasteiger partial charge in [0, 0.05) is 11.1 Å². The minimum Gasteiger partial charge on any atom is -0.497 e. The molecule has 0 radical (unpaired) electrons. The van der Waals surface area contributed by atoms with Crippen LogP contribution in [0.1, 0.15) is 22.1 Å². The highest BCUT2D eigenvalue weighted by Crippen LogP contribution is 2.47. The van der Waals surface area contributed by atoms with Gasteiger partial charge in [0.25, 0.3) is 0 Å². The standard InChI is InChI=1S/C20H19N7O3S/c1-10-15-17(12-6-11(29-2)4-5-13(12)30-3)31-7-14(28)25-19(15)27(26-10)20-16-18(22-8-21-16)23-9-24-20/h4-6,8-9,17H,7H2,1-3H3,(H,25,28)(H,21,22,23,24)/t17-/m0/s1. The summed E-state index contributed by atoms with van der Waals surface area (Å²) < 4.78 is 12.7. The van der Waals surface area contributed by atoms with E-state index in [1.54, 1.807) is 25.2 Å². The van der Waals surface area contributed by atoms with Crippen LogP contribution in [0.3, 0.4) is 0 Å².